The highest BCUT2D eigenvalue weighted by Gasteiger charge is 2.41. The lowest BCUT2D eigenvalue weighted by Crippen LogP contribution is -2.54. The highest BCUT2D eigenvalue weighted by atomic mass is 16.5. The fraction of sp³-hybridized carbons (Fsp3) is 0.444. The summed E-state index contributed by atoms with van der Waals surface area (Å²) in [6.45, 7) is 2.02. The maximum Gasteiger partial charge on any atom is 0.248 e. The molecule has 134 valence electrons. The summed E-state index contributed by atoms with van der Waals surface area (Å²) in [7, 11) is 3.20. The van der Waals surface area contributed by atoms with E-state index >= 15 is 0 Å². The van der Waals surface area contributed by atoms with Gasteiger partial charge in [0.1, 0.15) is 5.54 Å². The summed E-state index contributed by atoms with van der Waals surface area (Å²) in [6, 6.07) is 7.49. The second-order valence-electron chi connectivity index (χ2n) is 6.10. The van der Waals surface area contributed by atoms with E-state index in [9.17, 15) is 4.79 Å². The van der Waals surface area contributed by atoms with Crippen LogP contribution in [0.25, 0.3) is 0 Å². The number of carbonyl (C=O) groups excluding carboxylic acids is 1. The molecule has 1 amide bonds. The first-order valence-corrected chi connectivity index (χ1v) is 8.39. The molecule has 1 aromatic heterocycles. The molecule has 0 spiro atoms. The molecular weight excluding hydrogens is 320 g/mol. The first-order chi connectivity index (χ1) is 12.2. The largest absolute Gasteiger partial charge is 0.493 e. The quantitative estimate of drug-likeness (QED) is 0.826. The number of aromatic nitrogens is 2. The van der Waals surface area contributed by atoms with Gasteiger partial charge >= 0.3 is 0 Å². The molecule has 0 atom stereocenters. The number of hydrogen-bond donors (Lipinski definition) is 2. The lowest BCUT2D eigenvalue weighted by molar-refractivity contribution is -0.132. The number of nitrogens with one attached hydrogen (secondary N) is 2. The van der Waals surface area contributed by atoms with Gasteiger partial charge in [-0.3, -0.25) is 9.48 Å². The molecule has 2 N–H and O–H groups in total. The second-order valence-corrected chi connectivity index (χ2v) is 6.10. The van der Waals surface area contributed by atoms with Gasteiger partial charge in [0.25, 0.3) is 0 Å². The Bertz CT molecular complexity index is 709. The number of nitrogens with zero attached hydrogens (tertiary/aromatic N) is 2. The van der Waals surface area contributed by atoms with E-state index in [1.165, 1.54) is 0 Å². The van der Waals surface area contributed by atoms with Crippen LogP contribution in [0.1, 0.15) is 18.4 Å². The van der Waals surface area contributed by atoms with Crippen LogP contribution < -0.4 is 20.1 Å². The molecule has 7 heteroatoms. The van der Waals surface area contributed by atoms with Crippen LogP contribution in [0.2, 0.25) is 0 Å². The van der Waals surface area contributed by atoms with Crippen molar-refractivity contribution in [2.45, 2.75) is 24.9 Å². The van der Waals surface area contributed by atoms with Gasteiger partial charge in [-0.05, 0) is 49.7 Å². The molecule has 3 rings (SSSR count). The Morgan fingerprint density at radius 3 is 2.68 bits per heavy atom. The van der Waals surface area contributed by atoms with Gasteiger partial charge in [0.05, 0.1) is 14.2 Å². The molecule has 0 aliphatic carbocycles. The van der Waals surface area contributed by atoms with E-state index in [-0.39, 0.29) is 5.91 Å². The van der Waals surface area contributed by atoms with E-state index < -0.39 is 5.54 Å². The normalized spacial score (nSPS) is 16.2. The average Bonchev–Trinajstić information content (AvgIpc) is 3.21. The van der Waals surface area contributed by atoms with Gasteiger partial charge in [-0.1, -0.05) is 6.07 Å². The molecule has 0 unspecified atom stereocenters. The molecule has 1 aliphatic rings. The molecule has 0 radical (unpaired) electrons. The molecule has 1 aliphatic heterocycles. The summed E-state index contributed by atoms with van der Waals surface area (Å²) in [5.41, 5.74) is 0.321. The summed E-state index contributed by atoms with van der Waals surface area (Å²) >= 11 is 0. The number of piperidine rings is 1. The number of benzene rings is 1. The van der Waals surface area contributed by atoms with Crippen molar-refractivity contribution in [3.05, 3.63) is 42.2 Å². The maximum absolute atomic E-state index is 13.0. The predicted molar refractivity (Wildman–Crippen MR) is 93.7 cm³/mol. The van der Waals surface area contributed by atoms with Crippen LogP contribution in [-0.4, -0.2) is 43.0 Å². The summed E-state index contributed by atoms with van der Waals surface area (Å²) in [6.07, 6.45) is 5.01. The summed E-state index contributed by atoms with van der Waals surface area (Å²) in [5.74, 6) is 1.31. The molecule has 0 saturated carbocycles. The third-order valence-corrected chi connectivity index (χ3v) is 4.70. The highest BCUT2D eigenvalue weighted by molar-refractivity contribution is 5.84. The van der Waals surface area contributed by atoms with E-state index in [2.05, 4.69) is 15.7 Å². The Morgan fingerprint density at radius 2 is 2.04 bits per heavy atom. The molecule has 0 bridgehead atoms. The molecule has 2 aromatic rings. The van der Waals surface area contributed by atoms with Crippen molar-refractivity contribution in [3.8, 4) is 11.5 Å². The molecular formula is C18H24N4O3. The van der Waals surface area contributed by atoms with Crippen LogP contribution in [0.5, 0.6) is 11.5 Å². The average molecular weight is 344 g/mol. The fourth-order valence-corrected chi connectivity index (χ4v) is 3.26. The standard InChI is InChI=1S/C18H24N4O3/c1-24-15-5-4-14(12-16(15)25-2)13-20-17(23)18(6-9-19-10-7-18)22-11-3-8-21-22/h3-5,8,11-12,19H,6-7,9-10,13H2,1-2H3,(H,20,23). The van der Waals surface area contributed by atoms with Gasteiger partial charge in [-0.15, -0.1) is 0 Å². The number of hydrogen-bond acceptors (Lipinski definition) is 5. The van der Waals surface area contributed by atoms with Crippen LogP contribution in [0.4, 0.5) is 0 Å². The number of carbonyl (C=O) groups is 1. The van der Waals surface area contributed by atoms with Crippen molar-refractivity contribution in [2.24, 2.45) is 0 Å². The van der Waals surface area contributed by atoms with Gasteiger partial charge < -0.3 is 20.1 Å². The number of amides is 1. The van der Waals surface area contributed by atoms with Crippen molar-refractivity contribution in [1.29, 1.82) is 0 Å². The minimum Gasteiger partial charge on any atom is -0.493 e. The summed E-state index contributed by atoms with van der Waals surface area (Å²) in [5, 5.41) is 10.7. The number of rotatable bonds is 6. The zero-order valence-electron chi connectivity index (χ0n) is 14.6. The third-order valence-electron chi connectivity index (χ3n) is 4.70. The zero-order valence-corrected chi connectivity index (χ0v) is 14.6. The van der Waals surface area contributed by atoms with Crippen molar-refractivity contribution in [3.63, 3.8) is 0 Å². The zero-order chi connectivity index (χ0) is 17.7. The second kappa shape index (κ2) is 7.57. The number of ether oxygens (including phenoxy) is 2. The predicted octanol–water partition coefficient (Wildman–Crippen LogP) is 1.30. The van der Waals surface area contributed by atoms with Crippen molar-refractivity contribution >= 4 is 5.91 Å². The van der Waals surface area contributed by atoms with Gasteiger partial charge in [0.15, 0.2) is 11.5 Å². The molecule has 25 heavy (non-hydrogen) atoms. The van der Waals surface area contributed by atoms with Crippen LogP contribution >= 0.6 is 0 Å². The third kappa shape index (κ3) is 3.46. The lowest BCUT2D eigenvalue weighted by Gasteiger charge is -2.36. The Kier molecular flexibility index (Phi) is 5.23. The van der Waals surface area contributed by atoms with Gasteiger partial charge in [0.2, 0.25) is 5.91 Å². The molecule has 1 fully saturated rings. The van der Waals surface area contributed by atoms with Crippen LogP contribution in [0, 0.1) is 0 Å². The lowest BCUT2D eigenvalue weighted by atomic mass is 9.87. The Balaban J connectivity index is 1.74. The SMILES string of the molecule is COc1ccc(CNC(=O)C2(n3cccn3)CCNCC2)cc1OC. The monoisotopic (exact) mass is 344 g/mol. The number of methoxy groups -OCH3 is 2. The molecule has 2 heterocycles. The topological polar surface area (TPSA) is 77.4 Å². The van der Waals surface area contributed by atoms with Crippen LogP contribution in [-0.2, 0) is 16.9 Å². The van der Waals surface area contributed by atoms with Crippen LogP contribution in [0.15, 0.2) is 36.7 Å². The van der Waals surface area contributed by atoms with Gasteiger partial charge in [0, 0.05) is 18.9 Å². The maximum atomic E-state index is 13.0. The molecule has 7 nitrogen and oxygen atoms in total. The van der Waals surface area contributed by atoms with E-state index in [0.29, 0.717) is 30.9 Å². The minimum absolute atomic E-state index is 0.00696. The molecule has 1 saturated heterocycles. The summed E-state index contributed by atoms with van der Waals surface area (Å²) < 4.78 is 12.4. The fourth-order valence-electron chi connectivity index (χ4n) is 3.26. The molecule has 1 aromatic carbocycles. The van der Waals surface area contributed by atoms with Gasteiger partial charge in [-0.25, -0.2) is 0 Å². The summed E-state index contributed by atoms with van der Waals surface area (Å²) in [4.78, 5) is 13.0. The highest BCUT2D eigenvalue weighted by Crippen LogP contribution is 2.29. The van der Waals surface area contributed by atoms with Crippen LogP contribution in [0.3, 0.4) is 0 Å². The smallest absolute Gasteiger partial charge is 0.248 e. The van der Waals surface area contributed by atoms with E-state index in [1.54, 1.807) is 25.1 Å². The van der Waals surface area contributed by atoms with E-state index in [4.69, 9.17) is 9.47 Å². The first kappa shape index (κ1) is 17.3. The van der Waals surface area contributed by atoms with Crippen molar-refractivity contribution < 1.29 is 14.3 Å². The van der Waals surface area contributed by atoms with E-state index in [0.717, 1.165) is 18.7 Å². The Morgan fingerprint density at radius 1 is 1.28 bits per heavy atom. The first-order valence-electron chi connectivity index (χ1n) is 8.39. The van der Waals surface area contributed by atoms with Gasteiger partial charge in [-0.2, -0.15) is 5.10 Å². The Labute approximate surface area is 147 Å². The minimum atomic E-state index is -0.634. The van der Waals surface area contributed by atoms with E-state index in [1.807, 2.05) is 30.5 Å². The Hall–Kier alpha value is -2.54. The van der Waals surface area contributed by atoms with Crippen molar-refractivity contribution in [1.82, 2.24) is 20.4 Å². The van der Waals surface area contributed by atoms with Crippen molar-refractivity contribution in [2.75, 3.05) is 27.3 Å².